The molecule has 0 aromatic heterocycles. The average Bonchev–Trinajstić information content (AvgIpc) is 2.97. The molecule has 2 heterocycles. The summed E-state index contributed by atoms with van der Waals surface area (Å²) in [5.41, 5.74) is 0. The number of methoxy groups -OCH3 is 2. The smallest absolute Gasteiger partial charge is 0.221 e. The fourth-order valence-electron chi connectivity index (χ4n) is 3.83. The molecule has 8 heteroatoms. The minimum Gasteiger partial charge on any atom is -0.493 e. The van der Waals surface area contributed by atoms with E-state index in [9.17, 15) is 13.2 Å². The summed E-state index contributed by atoms with van der Waals surface area (Å²) in [6.45, 7) is 0. The summed E-state index contributed by atoms with van der Waals surface area (Å²) >= 11 is 0. The van der Waals surface area contributed by atoms with E-state index in [2.05, 4.69) is 10.6 Å². The number of hydrogen-bond acceptors (Lipinski definition) is 6. The molecule has 144 valence electrons. The van der Waals surface area contributed by atoms with Crippen molar-refractivity contribution in [2.24, 2.45) is 0 Å². The van der Waals surface area contributed by atoms with E-state index in [4.69, 9.17) is 9.47 Å². The highest BCUT2D eigenvalue weighted by atomic mass is 32.2. The van der Waals surface area contributed by atoms with Gasteiger partial charge in [-0.25, -0.2) is 8.42 Å². The van der Waals surface area contributed by atoms with E-state index in [1.807, 2.05) is 0 Å². The van der Waals surface area contributed by atoms with Crippen molar-refractivity contribution in [3.8, 4) is 11.5 Å². The van der Waals surface area contributed by atoms with Crippen LogP contribution in [0.1, 0.15) is 32.1 Å². The van der Waals surface area contributed by atoms with E-state index < -0.39 is 9.84 Å². The van der Waals surface area contributed by atoms with Crippen LogP contribution in [0.5, 0.6) is 11.5 Å². The van der Waals surface area contributed by atoms with Crippen molar-refractivity contribution in [2.45, 2.75) is 55.1 Å². The first-order valence-corrected chi connectivity index (χ1v) is 10.6. The Morgan fingerprint density at radius 3 is 2.42 bits per heavy atom. The Kier molecular flexibility index (Phi) is 5.72. The van der Waals surface area contributed by atoms with Gasteiger partial charge in [-0.2, -0.15) is 0 Å². The highest BCUT2D eigenvalue weighted by Crippen LogP contribution is 2.30. The summed E-state index contributed by atoms with van der Waals surface area (Å²) in [7, 11) is -0.630. The fourth-order valence-corrected chi connectivity index (χ4v) is 5.08. The van der Waals surface area contributed by atoms with Crippen LogP contribution < -0.4 is 20.1 Å². The fraction of sp³-hybridized carbons (Fsp3) is 0.611. The number of sulfone groups is 1. The van der Waals surface area contributed by atoms with Crippen molar-refractivity contribution >= 4 is 15.7 Å². The number of hydrogen-bond donors (Lipinski definition) is 2. The number of amides is 1. The third-order valence-corrected chi connectivity index (χ3v) is 6.86. The normalized spacial score (nSPS) is 24.9. The Bertz CT molecular complexity index is 753. The summed E-state index contributed by atoms with van der Waals surface area (Å²) in [5, 5.41) is 6.52. The van der Waals surface area contributed by atoms with Crippen LogP contribution in [0.4, 0.5) is 0 Å². The molecular weight excluding hydrogens is 356 g/mol. The van der Waals surface area contributed by atoms with Crippen LogP contribution >= 0.6 is 0 Å². The van der Waals surface area contributed by atoms with Crippen LogP contribution in [-0.4, -0.2) is 52.4 Å². The number of carbonyl (C=O) groups is 1. The molecule has 2 aliphatic rings. The topological polar surface area (TPSA) is 93.7 Å². The maximum Gasteiger partial charge on any atom is 0.221 e. The summed E-state index contributed by atoms with van der Waals surface area (Å²) in [4.78, 5) is 12.3. The van der Waals surface area contributed by atoms with E-state index in [1.165, 1.54) is 26.4 Å². The van der Waals surface area contributed by atoms with Gasteiger partial charge in [0.15, 0.2) is 21.3 Å². The van der Waals surface area contributed by atoms with Crippen molar-refractivity contribution in [1.82, 2.24) is 10.6 Å². The van der Waals surface area contributed by atoms with Gasteiger partial charge in [-0.3, -0.25) is 4.79 Å². The number of carbonyl (C=O) groups excluding carboxylic acids is 1. The van der Waals surface area contributed by atoms with Gasteiger partial charge in [0.2, 0.25) is 5.91 Å². The Hall–Kier alpha value is -1.80. The lowest BCUT2D eigenvalue weighted by Crippen LogP contribution is -2.48. The number of fused-ring (bicyclic) bond motifs is 2. The molecule has 0 radical (unpaired) electrons. The maximum absolute atomic E-state index is 12.5. The second-order valence-corrected chi connectivity index (χ2v) is 9.07. The van der Waals surface area contributed by atoms with Gasteiger partial charge in [0.1, 0.15) is 0 Å². The Balaban J connectivity index is 1.57. The summed E-state index contributed by atoms with van der Waals surface area (Å²) in [6, 6.07) is 5.56. The van der Waals surface area contributed by atoms with Crippen molar-refractivity contribution in [1.29, 1.82) is 0 Å². The van der Waals surface area contributed by atoms with Crippen LogP contribution in [0.2, 0.25) is 0 Å². The van der Waals surface area contributed by atoms with E-state index in [1.54, 1.807) is 6.07 Å². The minimum atomic E-state index is -3.57. The second-order valence-electron chi connectivity index (χ2n) is 6.96. The van der Waals surface area contributed by atoms with Crippen molar-refractivity contribution < 1.29 is 22.7 Å². The first kappa shape index (κ1) is 19.0. The first-order chi connectivity index (χ1) is 12.4. The Morgan fingerprint density at radius 1 is 1.15 bits per heavy atom. The lowest BCUT2D eigenvalue weighted by atomic mass is 10.00. The molecule has 0 spiro atoms. The van der Waals surface area contributed by atoms with Crippen LogP contribution in [0.25, 0.3) is 0 Å². The Labute approximate surface area is 154 Å². The van der Waals surface area contributed by atoms with Gasteiger partial charge in [0.05, 0.1) is 24.9 Å². The molecule has 2 saturated heterocycles. The van der Waals surface area contributed by atoms with Crippen LogP contribution in [-0.2, 0) is 14.6 Å². The summed E-state index contributed by atoms with van der Waals surface area (Å²) in [6.07, 6.45) is 4.11. The molecule has 2 fully saturated rings. The standard InChI is InChI=1S/C18H26N2O5S/c1-24-16-6-5-15(11-17(16)25-2)26(22,23)8-7-18(21)20-14-9-12-3-4-13(10-14)19-12/h5-6,11-14,19H,3-4,7-10H2,1-2H3,(H,20,21). The lowest BCUT2D eigenvalue weighted by molar-refractivity contribution is -0.121. The van der Waals surface area contributed by atoms with Crippen LogP contribution in [0, 0.1) is 0 Å². The molecular formula is C18H26N2O5S. The van der Waals surface area contributed by atoms with E-state index in [0.717, 1.165) is 25.7 Å². The van der Waals surface area contributed by atoms with E-state index in [0.29, 0.717) is 23.6 Å². The van der Waals surface area contributed by atoms with Crippen LogP contribution in [0.3, 0.4) is 0 Å². The van der Waals surface area contributed by atoms with Gasteiger partial charge in [0, 0.05) is 30.6 Å². The van der Waals surface area contributed by atoms with E-state index in [-0.39, 0.29) is 29.0 Å². The molecule has 1 aromatic rings. The number of nitrogens with one attached hydrogen (secondary N) is 2. The molecule has 0 saturated carbocycles. The first-order valence-electron chi connectivity index (χ1n) is 8.91. The average molecular weight is 382 g/mol. The molecule has 1 aromatic carbocycles. The SMILES string of the molecule is COc1ccc(S(=O)(=O)CCC(=O)NC2CC3CCC(C2)N3)cc1OC. The van der Waals surface area contributed by atoms with Gasteiger partial charge in [-0.05, 0) is 37.8 Å². The van der Waals surface area contributed by atoms with Gasteiger partial charge in [-0.15, -0.1) is 0 Å². The number of ether oxygens (including phenoxy) is 2. The number of piperidine rings is 1. The number of rotatable bonds is 7. The zero-order valence-corrected chi connectivity index (χ0v) is 16.0. The molecule has 3 rings (SSSR count). The van der Waals surface area contributed by atoms with Gasteiger partial charge < -0.3 is 20.1 Å². The molecule has 7 nitrogen and oxygen atoms in total. The molecule has 2 aliphatic heterocycles. The zero-order valence-electron chi connectivity index (χ0n) is 15.2. The molecule has 2 atom stereocenters. The molecule has 0 aliphatic carbocycles. The predicted molar refractivity (Wildman–Crippen MR) is 97.3 cm³/mol. The van der Waals surface area contributed by atoms with Gasteiger partial charge in [-0.1, -0.05) is 0 Å². The third-order valence-electron chi connectivity index (χ3n) is 5.15. The quantitative estimate of drug-likeness (QED) is 0.738. The summed E-state index contributed by atoms with van der Waals surface area (Å²) in [5.74, 6) is 0.375. The highest BCUT2D eigenvalue weighted by Gasteiger charge is 2.34. The highest BCUT2D eigenvalue weighted by molar-refractivity contribution is 7.91. The van der Waals surface area contributed by atoms with Crippen molar-refractivity contribution in [3.63, 3.8) is 0 Å². The summed E-state index contributed by atoms with van der Waals surface area (Å²) < 4.78 is 35.3. The van der Waals surface area contributed by atoms with Crippen LogP contribution in [0.15, 0.2) is 23.1 Å². The molecule has 2 N–H and O–H groups in total. The monoisotopic (exact) mass is 382 g/mol. The van der Waals surface area contributed by atoms with Gasteiger partial charge >= 0.3 is 0 Å². The molecule has 1 amide bonds. The minimum absolute atomic E-state index is 0.0457. The Morgan fingerprint density at radius 2 is 1.81 bits per heavy atom. The largest absolute Gasteiger partial charge is 0.493 e. The number of benzene rings is 1. The molecule has 2 bridgehead atoms. The predicted octanol–water partition coefficient (Wildman–Crippen LogP) is 1.27. The third kappa shape index (κ3) is 4.29. The molecule has 26 heavy (non-hydrogen) atoms. The van der Waals surface area contributed by atoms with E-state index >= 15 is 0 Å². The molecule has 2 unspecified atom stereocenters. The lowest BCUT2D eigenvalue weighted by Gasteiger charge is -2.29. The second kappa shape index (κ2) is 7.84. The maximum atomic E-state index is 12.5. The zero-order chi connectivity index (χ0) is 18.7. The van der Waals surface area contributed by atoms with Crippen molar-refractivity contribution in [2.75, 3.05) is 20.0 Å². The van der Waals surface area contributed by atoms with Gasteiger partial charge in [0.25, 0.3) is 0 Å². The van der Waals surface area contributed by atoms with Crippen molar-refractivity contribution in [3.05, 3.63) is 18.2 Å².